The molecule has 3 rings (SSSR count). The number of piperidine rings is 1. The fourth-order valence-electron chi connectivity index (χ4n) is 4.10. The number of rotatable bonds is 6. The van der Waals surface area contributed by atoms with Crippen molar-refractivity contribution in [1.82, 2.24) is 9.80 Å². The Labute approximate surface area is 162 Å². The summed E-state index contributed by atoms with van der Waals surface area (Å²) in [5.41, 5.74) is 0.752. The van der Waals surface area contributed by atoms with Crippen LogP contribution in [0.25, 0.3) is 0 Å². The third-order valence-corrected chi connectivity index (χ3v) is 5.76. The lowest BCUT2D eigenvalue weighted by atomic mass is 9.92. The second kappa shape index (κ2) is 8.74. The van der Waals surface area contributed by atoms with Crippen molar-refractivity contribution < 1.29 is 14.3 Å². The molecule has 2 saturated heterocycles. The van der Waals surface area contributed by atoms with E-state index in [1.54, 1.807) is 12.0 Å². The van der Waals surface area contributed by atoms with E-state index >= 15 is 0 Å². The number of ether oxygens (including phenoxy) is 1. The number of anilines is 1. The standard InChI is InChI=1S/C21H31N3O3/c1-22(2)11-8-16-9-12-23(13-10-16)21(26)17-14-20(25)24(15-17)18-6-4-5-7-19(18)27-3/h4-7,16-17H,8-15H2,1-3H3. The maximum Gasteiger partial charge on any atom is 0.228 e. The number of carbonyl (C=O) groups is 2. The molecule has 2 amide bonds. The average molecular weight is 373 g/mol. The van der Waals surface area contributed by atoms with Crippen molar-refractivity contribution >= 4 is 17.5 Å². The van der Waals surface area contributed by atoms with Crippen LogP contribution in [0.1, 0.15) is 25.7 Å². The molecule has 2 heterocycles. The van der Waals surface area contributed by atoms with Gasteiger partial charge in [0.05, 0.1) is 18.7 Å². The Morgan fingerprint density at radius 3 is 2.59 bits per heavy atom. The van der Waals surface area contributed by atoms with Crippen molar-refractivity contribution in [3.05, 3.63) is 24.3 Å². The molecular formula is C21H31N3O3. The molecule has 148 valence electrons. The molecule has 6 nitrogen and oxygen atoms in total. The monoisotopic (exact) mass is 373 g/mol. The second-order valence-corrected chi connectivity index (χ2v) is 7.94. The third kappa shape index (κ3) is 4.61. The number of carbonyl (C=O) groups excluding carboxylic acids is 2. The van der Waals surface area contributed by atoms with Crippen molar-refractivity contribution in [3.63, 3.8) is 0 Å². The van der Waals surface area contributed by atoms with Crippen LogP contribution in [0.5, 0.6) is 5.75 Å². The van der Waals surface area contributed by atoms with E-state index in [4.69, 9.17) is 4.74 Å². The zero-order valence-electron chi connectivity index (χ0n) is 16.7. The van der Waals surface area contributed by atoms with Gasteiger partial charge in [-0.15, -0.1) is 0 Å². The largest absolute Gasteiger partial charge is 0.495 e. The quantitative estimate of drug-likeness (QED) is 0.767. The number of nitrogens with zero attached hydrogens (tertiary/aromatic N) is 3. The van der Waals surface area contributed by atoms with Crippen LogP contribution in [0.2, 0.25) is 0 Å². The van der Waals surface area contributed by atoms with E-state index in [1.165, 1.54) is 6.42 Å². The van der Waals surface area contributed by atoms with Gasteiger partial charge in [0.25, 0.3) is 0 Å². The van der Waals surface area contributed by atoms with Crippen LogP contribution >= 0.6 is 0 Å². The summed E-state index contributed by atoms with van der Waals surface area (Å²) in [5, 5.41) is 0. The second-order valence-electron chi connectivity index (χ2n) is 7.94. The first-order valence-corrected chi connectivity index (χ1v) is 9.86. The molecule has 1 atom stereocenters. The van der Waals surface area contributed by atoms with E-state index in [1.807, 2.05) is 29.2 Å². The fourth-order valence-corrected chi connectivity index (χ4v) is 4.10. The van der Waals surface area contributed by atoms with Gasteiger partial charge in [-0.2, -0.15) is 0 Å². The van der Waals surface area contributed by atoms with E-state index in [0.29, 0.717) is 18.2 Å². The molecule has 27 heavy (non-hydrogen) atoms. The number of methoxy groups -OCH3 is 1. The van der Waals surface area contributed by atoms with Crippen LogP contribution in [0.3, 0.4) is 0 Å². The number of hydrogen-bond acceptors (Lipinski definition) is 4. The van der Waals surface area contributed by atoms with Crippen molar-refractivity contribution in [2.45, 2.75) is 25.7 Å². The number of likely N-dealkylation sites (tertiary alicyclic amines) is 1. The van der Waals surface area contributed by atoms with Crippen molar-refractivity contribution in [2.24, 2.45) is 11.8 Å². The van der Waals surface area contributed by atoms with Gasteiger partial charge in [0.1, 0.15) is 5.75 Å². The predicted molar refractivity (Wildman–Crippen MR) is 106 cm³/mol. The highest BCUT2D eigenvalue weighted by atomic mass is 16.5. The number of benzene rings is 1. The highest BCUT2D eigenvalue weighted by Crippen LogP contribution is 2.33. The predicted octanol–water partition coefficient (Wildman–Crippen LogP) is 2.24. The molecule has 2 aliphatic rings. The molecule has 0 aromatic heterocycles. The van der Waals surface area contributed by atoms with Crippen LogP contribution in [-0.2, 0) is 9.59 Å². The minimum atomic E-state index is -0.249. The molecule has 0 radical (unpaired) electrons. The zero-order valence-corrected chi connectivity index (χ0v) is 16.7. The van der Waals surface area contributed by atoms with Crippen LogP contribution < -0.4 is 9.64 Å². The summed E-state index contributed by atoms with van der Waals surface area (Å²) < 4.78 is 5.38. The molecule has 0 saturated carbocycles. The Kier molecular flexibility index (Phi) is 6.37. The Morgan fingerprint density at radius 1 is 1.22 bits per heavy atom. The SMILES string of the molecule is COc1ccccc1N1CC(C(=O)N2CCC(CCN(C)C)CC2)CC1=O. The summed E-state index contributed by atoms with van der Waals surface area (Å²) in [6.07, 6.45) is 3.61. The summed E-state index contributed by atoms with van der Waals surface area (Å²) in [4.78, 5) is 31.4. The minimum Gasteiger partial charge on any atom is -0.495 e. The summed E-state index contributed by atoms with van der Waals surface area (Å²) in [7, 11) is 5.80. The van der Waals surface area contributed by atoms with E-state index in [0.717, 1.165) is 38.2 Å². The van der Waals surface area contributed by atoms with Gasteiger partial charge in [-0.1, -0.05) is 12.1 Å². The minimum absolute atomic E-state index is 0.00119. The molecule has 6 heteroatoms. The highest BCUT2D eigenvalue weighted by molar-refractivity contribution is 6.01. The topological polar surface area (TPSA) is 53.1 Å². The van der Waals surface area contributed by atoms with Crippen LogP contribution in [0.15, 0.2) is 24.3 Å². The van der Waals surface area contributed by atoms with E-state index < -0.39 is 0 Å². The molecule has 0 N–H and O–H groups in total. The molecule has 2 fully saturated rings. The molecule has 0 bridgehead atoms. The zero-order chi connectivity index (χ0) is 19.4. The maximum absolute atomic E-state index is 13.0. The Morgan fingerprint density at radius 2 is 1.93 bits per heavy atom. The highest BCUT2D eigenvalue weighted by Gasteiger charge is 2.38. The van der Waals surface area contributed by atoms with E-state index in [9.17, 15) is 9.59 Å². The molecular weight excluding hydrogens is 342 g/mol. The Hall–Kier alpha value is -2.08. The van der Waals surface area contributed by atoms with Crippen molar-refractivity contribution in [3.8, 4) is 5.75 Å². The number of hydrogen-bond donors (Lipinski definition) is 0. The molecule has 1 aromatic carbocycles. The molecule has 1 unspecified atom stereocenters. The van der Waals surface area contributed by atoms with Gasteiger partial charge in [0.15, 0.2) is 0 Å². The van der Waals surface area contributed by atoms with Crippen LogP contribution in [-0.4, -0.2) is 69.0 Å². The molecule has 2 aliphatic heterocycles. The smallest absolute Gasteiger partial charge is 0.228 e. The van der Waals surface area contributed by atoms with Gasteiger partial charge in [-0.25, -0.2) is 0 Å². The summed E-state index contributed by atoms with van der Waals surface area (Å²) in [5.74, 6) is 1.25. The normalized spacial score (nSPS) is 21.2. The summed E-state index contributed by atoms with van der Waals surface area (Å²) >= 11 is 0. The molecule has 0 spiro atoms. The first kappa shape index (κ1) is 19.7. The van der Waals surface area contributed by atoms with Gasteiger partial charge >= 0.3 is 0 Å². The maximum atomic E-state index is 13.0. The summed E-state index contributed by atoms with van der Waals surface area (Å²) in [6.45, 7) is 3.18. The van der Waals surface area contributed by atoms with Gasteiger partial charge in [-0.3, -0.25) is 9.59 Å². The average Bonchev–Trinajstić information content (AvgIpc) is 3.07. The van der Waals surface area contributed by atoms with Gasteiger partial charge < -0.3 is 19.4 Å². The van der Waals surface area contributed by atoms with Crippen LogP contribution in [0.4, 0.5) is 5.69 Å². The van der Waals surface area contributed by atoms with Crippen molar-refractivity contribution in [2.75, 3.05) is 52.3 Å². The number of amides is 2. The lowest BCUT2D eigenvalue weighted by Gasteiger charge is -2.34. The van der Waals surface area contributed by atoms with E-state index in [-0.39, 0.29) is 24.2 Å². The molecule has 1 aromatic rings. The first-order valence-electron chi connectivity index (χ1n) is 9.86. The number of para-hydroxylation sites is 2. The lowest BCUT2D eigenvalue weighted by Crippen LogP contribution is -2.42. The van der Waals surface area contributed by atoms with Crippen LogP contribution in [0, 0.1) is 11.8 Å². The van der Waals surface area contributed by atoms with Gasteiger partial charge in [0.2, 0.25) is 11.8 Å². The summed E-state index contributed by atoms with van der Waals surface area (Å²) in [6, 6.07) is 7.49. The van der Waals surface area contributed by atoms with Gasteiger partial charge in [0, 0.05) is 26.1 Å². The molecule has 0 aliphatic carbocycles. The third-order valence-electron chi connectivity index (χ3n) is 5.76. The van der Waals surface area contributed by atoms with Gasteiger partial charge in [-0.05, 0) is 58.0 Å². The lowest BCUT2D eigenvalue weighted by molar-refractivity contribution is -0.137. The first-order chi connectivity index (χ1) is 13.0. The Balaban J connectivity index is 1.57. The van der Waals surface area contributed by atoms with Crippen molar-refractivity contribution in [1.29, 1.82) is 0 Å². The Bertz CT molecular complexity index is 668. The van der Waals surface area contributed by atoms with E-state index in [2.05, 4.69) is 19.0 Å². The fraction of sp³-hybridized carbons (Fsp3) is 0.619.